The largest absolute Gasteiger partial charge is 0.0584 e. The van der Waals surface area contributed by atoms with E-state index in [4.69, 9.17) is 0 Å². The van der Waals surface area contributed by atoms with E-state index in [0.29, 0.717) is 5.92 Å². The van der Waals surface area contributed by atoms with E-state index >= 15 is 0 Å². The number of fused-ring (bicyclic) bond motifs is 5. The molecule has 5 rings (SSSR count). The van der Waals surface area contributed by atoms with Crippen molar-refractivity contribution in [2.75, 3.05) is 0 Å². The molecule has 0 amide bonds. The van der Waals surface area contributed by atoms with Crippen molar-refractivity contribution in [1.82, 2.24) is 0 Å². The standard InChI is InChI=1S/C27H34/c1-16-8-9-17-12-21-19(13-18(16)17)20-14-23-24(15-22(20)27(21,6)7)26(4,5)11-10-25(23,2)3/h12-16H,8-11H2,1-7H3. The average Bonchev–Trinajstić information content (AvgIpc) is 3.06. The summed E-state index contributed by atoms with van der Waals surface area (Å²) in [6, 6.07) is 10.3. The Balaban J connectivity index is 1.81. The molecule has 3 aliphatic carbocycles. The minimum atomic E-state index is 0.109. The molecular formula is C27H34. The average molecular weight is 359 g/mol. The van der Waals surface area contributed by atoms with E-state index in [1.807, 2.05) is 0 Å². The lowest BCUT2D eigenvalue weighted by Gasteiger charge is -2.42. The summed E-state index contributed by atoms with van der Waals surface area (Å²) in [7, 11) is 0. The Kier molecular flexibility index (Phi) is 3.30. The van der Waals surface area contributed by atoms with Crippen LogP contribution in [0.3, 0.4) is 0 Å². The van der Waals surface area contributed by atoms with Crippen LogP contribution in [-0.4, -0.2) is 0 Å². The third-order valence-electron chi connectivity index (χ3n) is 8.28. The maximum Gasteiger partial charge on any atom is 0.0159 e. The summed E-state index contributed by atoms with van der Waals surface area (Å²) in [5.74, 6) is 0.713. The molecule has 0 N–H and O–H groups in total. The highest BCUT2D eigenvalue weighted by molar-refractivity contribution is 5.83. The van der Waals surface area contributed by atoms with Crippen LogP contribution in [0.25, 0.3) is 11.1 Å². The molecule has 0 aliphatic heterocycles. The molecule has 2 aromatic carbocycles. The zero-order valence-corrected chi connectivity index (χ0v) is 18.2. The smallest absolute Gasteiger partial charge is 0.0159 e. The van der Waals surface area contributed by atoms with Gasteiger partial charge in [0.25, 0.3) is 0 Å². The fourth-order valence-corrected chi connectivity index (χ4v) is 6.10. The Morgan fingerprint density at radius 2 is 1.26 bits per heavy atom. The molecule has 1 atom stereocenters. The highest BCUT2D eigenvalue weighted by Gasteiger charge is 2.43. The van der Waals surface area contributed by atoms with Crippen LogP contribution in [0.5, 0.6) is 0 Å². The summed E-state index contributed by atoms with van der Waals surface area (Å²) < 4.78 is 0. The van der Waals surface area contributed by atoms with E-state index in [1.54, 1.807) is 33.4 Å². The summed E-state index contributed by atoms with van der Waals surface area (Å²) in [6.07, 6.45) is 5.14. The van der Waals surface area contributed by atoms with Crippen molar-refractivity contribution < 1.29 is 0 Å². The third kappa shape index (κ3) is 2.22. The zero-order chi connectivity index (χ0) is 19.4. The Morgan fingerprint density at radius 3 is 1.93 bits per heavy atom. The normalized spacial score (nSPS) is 25.5. The minimum Gasteiger partial charge on any atom is -0.0584 e. The molecule has 0 bridgehead atoms. The molecule has 0 aromatic heterocycles. The number of hydrogen-bond donors (Lipinski definition) is 0. The van der Waals surface area contributed by atoms with Crippen LogP contribution in [0.2, 0.25) is 0 Å². The van der Waals surface area contributed by atoms with Gasteiger partial charge in [0.2, 0.25) is 0 Å². The lowest BCUT2D eigenvalue weighted by molar-refractivity contribution is 0.331. The van der Waals surface area contributed by atoms with Gasteiger partial charge in [-0.3, -0.25) is 0 Å². The van der Waals surface area contributed by atoms with Crippen LogP contribution in [0.4, 0.5) is 0 Å². The van der Waals surface area contributed by atoms with E-state index in [2.05, 4.69) is 72.7 Å². The minimum absolute atomic E-state index is 0.109. The predicted octanol–water partition coefficient (Wildman–Crippen LogP) is 7.39. The van der Waals surface area contributed by atoms with Gasteiger partial charge in [-0.25, -0.2) is 0 Å². The first kappa shape index (κ1) is 17.5. The van der Waals surface area contributed by atoms with Crippen molar-refractivity contribution in [2.45, 2.75) is 96.3 Å². The van der Waals surface area contributed by atoms with Crippen LogP contribution >= 0.6 is 0 Å². The number of benzene rings is 2. The van der Waals surface area contributed by atoms with E-state index in [0.717, 1.165) is 0 Å². The predicted molar refractivity (Wildman–Crippen MR) is 116 cm³/mol. The molecule has 27 heavy (non-hydrogen) atoms. The first-order valence-electron chi connectivity index (χ1n) is 10.9. The summed E-state index contributed by atoms with van der Waals surface area (Å²) in [6.45, 7) is 17.1. The molecule has 1 unspecified atom stereocenters. The highest BCUT2D eigenvalue weighted by Crippen LogP contribution is 2.55. The van der Waals surface area contributed by atoms with Crippen LogP contribution < -0.4 is 0 Å². The van der Waals surface area contributed by atoms with Gasteiger partial charge in [-0.1, -0.05) is 66.7 Å². The molecule has 3 aliphatic rings. The second-order valence-corrected chi connectivity index (χ2v) is 11.4. The van der Waals surface area contributed by atoms with Gasteiger partial charge in [-0.2, -0.15) is 0 Å². The van der Waals surface area contributed by atoms with Gasteiger partial charge in [0.1, 0.15) is 0 Å². The zero-order valence-electron chi connectivity index (χ0n) is 18.2. The quantitative estimate of drug-likeness (QED) is 0.460. The molecule has 0 saturated heterocycles. The van der Waals surface area contributed by atoms with Crippen LogP contribution in [0.1, 0.15) is 107 Å². The van der Waals surface area contributed by atoms with Gasteiger partial charge in [0.15, 0.2) is 0 Å². The summed E-state index contributed by atoms with van der Waals surface area (Å²) in [5.41, 5.74) is 13.2. The maximum absolute atomic E-state index is 2.60. The molecule has 142 valence electrons. The highest BCUT2D eigenvalue weighted by atomic mass is 14.5. The maximum atomic E-state index is 2.60. The molecule has 0 nitrogen and oxygen atoms in total. The van der Waals surface area contributed by atoms with E-state index in [-0.39, 0.29) is 16.2 Å². The number of hydrogen-bond acceptors (Lipinski definition) is 0. The molecule has 0 heterocycles. The lowest BCUT2D eigenvalue weighted by atomic mass is 9.62. The Labute approximate surface area is 165 Å². The molecule has 0 fully saturated rings. The Hall–Kier alpha value is -1.56. The lowest BCUT2D eigenvalue weighted by Crippen LogP contribution is -2.34. The van der Waals surface area contributed by atoms with E-state index in [9.17, 15) is 0 Å². The van der Waals surface area contributed by atoms with Crippen molar-refractivity contribution in [2.24, 2.45) is 0 Å². The first-order valence-corrected chi connectivity index (χ1v) is 10.9. The van der Waals surface area contributed by atoms with Crippen molar-refractivity contribution in [1.29, 1.82) is 0 Å². The monoisotopic (exact) mass is 358 g/mol. The van der Waals surface area contributed by atoms with Crippen molar-refractivity contribution in [3.8, 4) is 11.1 Å². The van der Waals surface area contributed by atoms with E-state index in [1.165, 1.54) is 36.8 Å². The summed E-state index contributed by atoms with van der Waals surface area (Å²) in [4.78, 5) is 0. The number of rotatable bonds is 0. The Bertz CT molecular complexity index is 968. The number of aryl methyl sites for hydroxylation is 1. The molecule has 2 aromatic rings. The van der Waals surface area contributed by atoms with Crippen molar-refractivity contribution >= 4 is 0 Å². The van der Waals surface area contributed by atoms with Gasteiger partial charge in [-0.05, 0) is 93.0 Å². The molecule has 0 radical (unpaired) electrons. The fraction of sp³-hybridized carbons (Fsp3) is 0.556. The van der Waals surface area contributed by atoms with Gasteiger partial charge in [-0.15, -0.1) is 0 Å². The van der Waals surface area contributed by atoms with Crippen LogP contribution in [0.15, 0.2) is 24.3 Å². The second kappa shape index (κ2) is 5.07. The molecule has 0 spiro atoms. The van der Waals surface area contributed by atoms with Gasteiger partial charge >= 0.3 is 0 Å². The van der Waals surface area contributed by atoms with Crippen LogP contribution in [-0.2, 0) is 22.7 Å². The SMILES string of the molecule is CC1CCc2cc3c(cc21)-c1cc2c(cc1C3(C)C)C(C)(C)CCC2(C)C. The van der Waals surface area contributed by atoms with Crippen molar-refractivity contribution in [3.05, 3.63) is 57.6 Å². The summed E-state index contributed by atoms with van der Waals surface area (Å²) >= 11 is 0. The molecular weight excluding hydrogens is 324 g/mol. The van der Waals surface area contributed by atoms with Crippen molar-refractivity contribution in [3.63, 3.8) is 0 Å². The summed E-state index contributed by atoms with van der Waals surface area (Å²) in [5, 5.41) is 0. The topological polar surface area (TPSA) is 0 Å². The van der Waals surface area contributed by atoms with Crippen LogP contribution in [0, 0.1) is 0 Å². The molecule has 0 saturated carbocycles. The third-order valence-corrected chi connectivity index (χ3v) is 8.28. The van der Waals surface area contributed by atoms with E-state index < -0.39 is 0 Å². The molecule has 0 heteroatoms. The first-order chi connectivity index (χ1) is 12.5. The van der Waals surface area contributed by atoms with Gasteiger partial charge in [0, 0.05) is 5.41 Å². The second-order valence-electron chi connectivity index (χ2n) is 11.4. The van der Waals surface area contributed by atoms with Gasteiger partial charge in [0.05, 0.1) is 0 Å². The Morgan fingerprint density at radius 1 is 0.704 bits per heavy atom. The van der Waals surface area contributed by atoms with Gasteiger partial charge < -0.3 is 0 Å². The fourth-order valence-electron chi connectivity index (χ4n) is 6.10.